The number of rotatable bonds is 6. The first kappa shape index (κ1) is 31.8. The second-order valence-corrected chi connectivity index (χ2v) is 11.5. The van der Waals surface area contributed by atoms with Gasteiger partial charge in [0.25, 0.3) is 0 Å². The molecule has 0 radical (unpaired) electrons. The Morgan fingerprint density at radius 1 is 0.737 bits per heavy atom. The van der Waals surface area contributed by atoms with Crippen molar-refractivity contribution in [3.63, 3.8) is 0 Å². The van der Waals surface area contributed by atoms with Crippen LogP contribution >= 0.6 is 7.92 Å². The molecule has 2 nitrogen and oxygen atoms in total. The van der Waals surface area contributed by atoms with Crippen LogP contribution in [0.1, 0.15) is 37.7 Å². The van der Waals surface area contributed by atoms with Crippen LogP contribution < -0.4 is 10.6 Å². The van der Waals surface area contributed by atoms with Crippen LogP contribution in [0.4, 0.5) is 0 Å². The van der Waals surface area contributed by atoms with Crippen molar-refractivity contribution in [3.8, 4) is 0 Å². The van der Waals surface area contributed by atoms with Crippen LogP contribution in [-0.4, -0.2) is 18.5 Å². The Bertz CT molecular complexity index is 1120. The number of hydrogen-bond donors (Lipinski definition) is 0. The third kappa shape index (κ3) is 8.28. The molecule has 1 unspecified atom stereocenters. The van der Waals surface area contributed by atoms with E-state index in [-0.39, 0.29) is 38.0 Å². The minimum Gasteiger partial charge on any atom is -0.478 e. The summed E-state index contributed by atoms with van der Waals surface area (Å²) in [5, 5.41) is 4.30. The molecule has 0 saturated heterocycles. The Morgan fingerprint density at radius 3 is 1.82 bits per heavy atom. The Kier molecular flexibility index (Phi) is 13.8. The smallest absolute Gasteiger partial charge is 0.478 e. The van der Waals surface area contributed by atoms with Crippen LogP contribution in [0.3, 0.4) is 0 Å². The number of ether oxygens (including phenoxy) is 1. The van der Waals surface area contributed by atoms with Crippen molar-refractivity contribution in [1.82, 2.24) is 0 Å². The molecule has 38 heavy (non-hydrogen) atoms. The summed E-state index contributed by atoms with van der Waals surface area (Å²) in [5.74, 6) is 1.26. The van der Waals surface area contributed by atoms with Gasteiger partial charge in [0, 0.05) is 0 Å². The number of allylic oxidation sites excluding steroid dienone is 3. The van der Waals surface area contributed by atoms with Gasteiger partial charge in [-0.2, -0.15) is 0 Å². The molecule has 3 aromatic carbocycles. The number of aliphatic imine (C=N–C) groups is 1. The Hall–Kier alpha value is -2.44. The SMILES string of the molecule is C1=C(P(c2ccccc2)c2ccccc2)C(C2=N[C@@H](Cc3ccccc3)CO2)CC1.C1=CCCC1.[CH3-].[CH3-].[Fe+2]. The summed E-state index contributed by atoms with van der Waals surface area (Å²) < 4.78 is 6.19. The monoisotopic (exact) mass is 565 g/mol. The topological polar surface area (TPSA) is 21.6 Å². The van der Waals surface area contributed by atoms with Crippen molar-refractivity contribution in [3.05, 3.63) is 135 Å². The summed E-state index contributed by atoms with van der Waals surface area (Å²) in [6, 6.07) is 32.7. The standard InChI is InChI=1S/C27H26NOP.C5H8.2CH3.Fe/c1-4-11-21(12-5-1)19-22-20-29-27(28-22)25-17-10-18-26(25)30(23-13-6-2-7-14-23)24-15-8-3-9-16-24;1-2-4-5-3-1;;;/h1-9,11-16,18,22,25H,10,17,19-20H2;1-2H,3-5H2;2*1H3;/q;;2*-1;+2/t22-,25?;;;;/m0..../s1. The van der Waals surface area contributed by atoms with Gasteiger partial charge in [0.05, 0.1) is 12.0 Å². The van der Waals surface area contributed by atoms with Gasteiger partial charge in [0.15, 0.2) is 5.90 Å². The summed E-state index contributed by atoms with van der Waals surface area (Å²) in [6.07, 6.45) is 14.1. The van der Waals surface area contributed by atoms with Crippen LogP contribution in [0.25, 0.3) is 0 Å². The second-order valence-electron chi connectivity index (χ2n) is 9.29. The second kappa shape index (κ2) is 16.5. The molecule has 0 saturated carbocycles. The predicted octanol–water partition coefficient (Wildman–Crippen LogP) is 8.08. The summed E-state index contributed by atoms with van der Waals surface area (Å²) in [6.45, 7) is 0.697. The molecule has 4 heteroatoms. The maximum Gasteiger partial charge on any atom is 2.00 e. The van der Waals surface area contributed by atoms with Crippen molar-refractivity contribution < 1.29 is 21.8 Å². The zero-order valence-corrected chi connectivity index (χ0v) is 24.7. The molecule has 0 bridgehead atoms. The zero-order valence-electron chi connectivity index (χ0n) is 22.7. The summed E-state index contributed by atoms with van der Waals surface area (Å²) in [7, 11) is -0.570. The molecular weight excluding hydrogens is 525 g/mol. The number of nitrogens with zero attached hydrogens (tertiary/aromatic N) is 1. The van der Waals surface area contributed by atoms with Crippen LogP contribution in [0.15, 0.2) is 120 Å². The van der Waals surface area contributed by atoms with E-state index in [9.17, 15) is 0 Å². The Labute approximate surface area is 242 Å². The van der Waals surface area contributed by atoms with Crippen molar-refractivity contribution in [2.24, 2.45) is 10.9 Å². The molecule has 2 atom stereocenters. The fraction of sp³-hybridized carbons (Fsp3) is 0.265. The molecule has 0 fully saturated rings. The van der Waals surface area contributed by atoms with E-state index in [1.165, 1.54) is 40.7 Å². The normalized spacial score (nSPS) is 19.1. The summed E-state index contributed by atoms with van der Waals surface area (Å²) in [5.41, 5.74) is 1.33. The molecule has 2 aliphatic carbocycles. The van der Waals surface area contributed by atoms with Crippen LogP contribution in [-0.2, 0) is 28.2 Å². The molecule has 3 aliphatic rings. The van der Waals surface area contributed by atoms with Crippen molar-refractivity contribution in [2.75, 3.05) is 6.61 Å². The zero-order chi connectivity index (χ0) is 23.7. The third-order valence-corrected chi connectivity index (χ3v) is 9.35. The molecule has 1 heterocycles. The Balaban J connectivity index is 0.000000572. The van der Waals surface area contributed by atoms with Crippen LogP contribution in [0.5, 0.6) is 0 Å². The Morgan fingerprint density at radius 2 is 1.29 bits per heavy atom. The van der Waals surface area contributed by atoms with Gasteiger partial charge in [-0.15, -0.1) is 0 Å². The van der Waals surface area contributed by atoms with E-state index in [0.717, 1.165) is 25.2 Å². The first-order chi connectivity index (χ1) is 17.4. The van der Waals surface area contributed by atoms with E-state index >= 15 is 0 Å². The van der Waals surface area contributed by atoms with Gasteiger partial charge in [0.2, 0.25) is 0 Å². The van der Waals surface area contributed by atoms with Crippen molar-refractivity contribution in [1.29, 1.82) is 0 Å². The summed E-state index contributed by atoms with van der Waals surface area (Å²) in [4.78, 5) is 5.05. The number of benzene rings is 3. The van der Waals surface area contributed by atoms with Crippen molar-refractivity contribution >= 4 is 24.4 Å². The van der Waals surface area contributed by atoms with Gasteiger partial charge in [-0.1, -0.05) is 109 Å². The van der Waals surface area contributed by atoms with E-state index in [4.69, 9.17) is 9.73 Å². The van der Waals surface area contributed by atoms with Gasteiger partial charge < -0.3 is 19.6 Å². The molecule has 3 aromatic rings. The fourth-order valence-corrected chi connectivity index (χ4v) is 7.69. The van der Waals surface area contributed by atoms with Crippen LogP contribution in [0.2, 0.25) is 0 Å². The first-order valence-corrected chi connectivity index (χ1v) is 14.2. The maximum absolute atomic E-state index is 6.19. The molecule has 0 N–H and O–H groups in total. The number of hydrogen-bond acceptors (Lipinski definition) is 2. The van der Waals surface area contributed by atoms with Crippen molar-refractivity contribution in [2.45, 2.75) is 44.6 Å². The quantitative estimate of drug-likeness (QED) is 0.128. The van der Waals surface area contributed by atoms with E-state index in [1.807, 2.05) is 0 Å². The van der Waals surface area contributed by atoms with Gasteiger partial charge in [-0.05, 0) is 67.9 Å². The molecular formula is C34H40FeNOP. The fourth-order valence-electron chi connectivity index (χ4n) is 4.99. The molecule has 0 amide bonds. The molecule has 6 rings (SSSR count). The van der Waals surface area contributed by atoms with E-state index in [1.54, 1.807) is 0 Å². The van der Waals surface area contributed by atoms with Gasteiger partial charge in [-0.25, -0.2) is 4.99 Å². The van der Waals surface area contributed by atoms with E-state index < -0.39 is 7.92 Å². The summed E-state index contributed by atoms with van der Waals surface area (Å²) >= 11 is 0. The largest absolute Gasteiger partial charge is 2.00 e. The van der Waals surface area contributed by atoms with Gasteiger partial charge in [-0.3, -0.25) is 0 Å². The van der Waals surface area contributed by atoms with Gasteiger partial charge in [0.1, 0.15) is 6.61 Å². The molecule has 200 valence electrons. The minimum absolute atomic E-state index is 0. The maximum atomic E-state index is 6.19. The third-order valence-electron chi connectivity index (χ3n) is 6.71. The van der Waals surface area contributed by atoms with E-state index in [0.29, 0.717) is 12.5 Å². The molecule has 0 spiro atoms. The van der Waals surface area contributed by atoms with Crippen LogP contribution in [0, 0.1) is 20.8 Å². The average Bonchev–Trinajstić information content (AvgIpc) is 3.71. The van der Waals surface area contributed by atoms with Gasteiger partial charge >= 0.3 is 17.1 Å². The van der Waals surface area contributed by atoms with E-state index in [2.05, 4.69) is 109 Å². The minimum atomic E-state index is -0.570. The molecule has 1 aliphatic heterocycles. The molecule has 0 aromatic heterocycles. The average molecular weight is 566 g/mol. The predicted molar refractivity (Wildman–Crippen MR) is 163 cm³/mol. The first-order valence-electron chi connectivity index (χ1n) is 12.9.